The molecule has 1 heteroatoms. The number of hydrogen-bond donors (Lipinski definition) is 1. The van der Waals surface area contributed by atoms with E-state index in [0.717, 1.165) is 24.3 Å². The highest BCUT2D eigenvalue weighted by molar-refractivity contribution is 5.03. The van der Waals surface area contributed by atoms with E-state index in [0.29, 0.717) is 5.41 Å². The van der Waals surface area contributed by atoms with Crippen molar-refractivity contribution in [2.45, 2.75) is 52.4 Å². The summed E-state index contributed by atoms with van der Waals surface area (Å²) in [4.78, 5) is 0. The minimum atomic E-state index is 0.697. The molecule has 4 rings (SSSR count). The van der Waals surface area contributed by atoms with Gasteiger partial charge in [0.05, 0.1) is 0 Å². The van der Waals surface area contributed by atoms with Crippen molar-refractivity contribution in [2.75, 3.05) is 13.1 Å². The fraction of sp³-hybridized carbons (Fsp3) is 0.875. The maximum absolute atomic E-state index is 3.72. The highest BCUT2D eigenvalue weighted by Gasteiger charge is 2.50. The van der Waals surface area contributed by atoms with Crippen LogP contribution in [0.15, 0.2) is 11.6 Å². The molecule has 4 aliphatic rings. The van der Waals surface area contributed by atoms with Gasteiger partial charge < -0.3 is 5.32 Å². The average Bonchev–Trinajstić information content (AvgIpc) is 2.26. The molecule has 17 heavy (non-hydrogen) atoms. The monoisotopic (exact) mass is 233 g/mol. The third-order valence-electron chi connectivity index (χ3n) is 5.56. The summed E-state index contributed by atoms with van der Waals surface area (Å²) in [5.74, 6) is 3.27. The van der Waals surface area contributed by atoms with Crippen molar-refractivity contribution in [1.82, 2.24) is 5.32 Å². The molecule has 4 bridgehead atoms. The zero-order chi connectivity index (χ0) is 11.9. The lowest BCUT2D eigenvalue weighted by Crippen LogP contribution is -2.50. The quantitative estimate of drug-likeness (QED) is 0.729. The lowest BCUT2D eigenvalue weighted by molar-refractivity contribution is -0.0509. The van der Waals surface area contributed by atoms with Gasteiger partial charge in [0.25, 0.3) is 0 Å². The van der Waals surface area contributed by atoms with E-state index in [-0.39, 0.29) is 0 Å². The molecule has 0 saturated heterocycles. The normalized spacial score (nSPS) is 44.4. The molecule has 0 aliphatic heterocycles. The van der Waals surface area contributed by atoms with Crippen LogP contribution in [-0.4, -0.2) is 13.1 Å². The Kier molecular flexibility index (Phi) is 3.06. The lowest BCUT2D eigenvalue weighted by Gasteiger charge is -2.57. The molecule has 0 spiro atoms. The van der Waals surface area contributed by atoms with E-state index >= 15 is 0 Å². The summed E-state index contributed by atoms with van der Waals surface area (Å²) in [6, 6.07) is 0. The molecule has 0 aromatic heterocycles. The van der Waals surface area contributed by atoms with E-state index < -0.39 is 0 Å². The molecule has 0 heterocycles. The van der Waals surface area contributed by atoms with Crippen molar-refractivity contribution in [3.05, 3.63) is 11.6 Å². The Morgan fingerprint density at radius 1 is 1.12 bits per heavy atom. The van der Waals surface area contributed by atoms with Crippen LogP contribution >= 0.6 is 0 Å². The smallest absolute Gasteiger partial charge is 0.0161 e. The SMILES string of the molecule is C/C=C(\C)CNCC12CC3CC(CC(C3)C1)C2. The van der Waals surface area contributed by atoms with Crippen LogP contribution in [0.3, 0.4) is 0 Å². The Morgan fingerprint density at radius 3 is 2.12 bits per heavy atom. The maximum atomic E-state index is 3.72. The zero-order valence-corrected chi connectivity index (χ0v) is 11.5. The molecule has 0 atom stereocenters. The van der Waals surface area contributed by atoms with Gasteiger partial charge in [-0.1, -0.05) is 11.6 Å². The van der Waals surface area contributed by atoms with Crippen LogP contribution in [0.4, 0.5) is 0 Å². The van der Waals surface area contributed by atoms with Gasteiger partial charge in [0.2, 0.25) is 0 Å². The summed E-state index contributed by atoms with van der Waals surface area (Å²) < 4.78 is 0. The molecule has 4 fully saturated rings. The zero-order valence-electron chi connectivity index (χ0n) is 11.5. The van der Waals surface area contributed by atoms with Crippen LogP contribution in [0.25, 0.3) is 0 Å². The molecule has 4 aliphatic carbocycles. The van der Waals surface area contributed by atoms with Crippen molar-refractivity contribution in [3.63, 3.8) is 0 Å². The van der Waals surface area contributed by atoms with E-state index in [1.54, 1.807) is 19.3 Å². The minimum Gasteiger partial charge on any atom is -0.312 e. The molecule has 0 amide bonds. The number of nitrogens with one attached hydrogen (secondary N) is 1. The summed E-state index contributed by atoms with van der Waals surface area (Å²) in [5.41, 5.74) is 2.18. The van der Waals surface area contributed by atoms with Gasteiger partial charge in [0.15, 0.2) is 0 Å². The fourth-order valence-electron chi connectivity index (χ4n) is 5.13. The molecule has 1 N–H and O–H groups in total. The Balaban J connectivity index is 1.59. The molecule has 0 aromatic carbocycles. The van der Waals surface area contributed by atoms with E-state index in [1.165, 1.54) is 31.4 Å². The first-order valence-corrected chi connectivity index (χ1v) is 7.52. The van der Waals surface area contributed by atoms with Crippen LogP contribution in [0.5, 0.6) is 0 Å². The summed E-state index contributed by atoms with van der Waals surface area (Å²) in [6.45, 7) is 6.74. The Labute approximate surface area is 106 Å². The number of rotatable bonds is 4. The second kappa shape index (κ2) is 4.42. The van der Waals surface area contributed by atoms with Crippen LogP contribution in [-0.2, 0) is 0 Å². The van der Waals surface area contributed by atoms with Gasteiger partial charge in [0.1, 0.15) is 0 Å². The Bertz CT molecular complexity index is 280. The Morgan fingerprint density at radius 2 is 1.65 bits per heavy atom. The van der Waals surface area contributed by atoms with Crippen molar-refractivity contribution in [1.29, 1.82) is 0 Å². The molecule has 96 valence electrons. The summed E-state index contributed by atoms with van der Waals surface area (Å²) >= 11 is 0. The summed E-state index contributed by atoms with van der Waals surface area (Å²) in [5, 5.41) is 3.72. The van der Waals surface area contributed by atoms with E-state index in [9.17, 15) is 0 Å². The van der Waals surface area contributed by atoms with Gasteiger partial charge in [-0.3, -0.25) is 0 Å². The lowest BCUT2D eigenvalue weighted by atomic mass is 9.49. The van der Waals surface area contributed by atoms with Crippen LogP contribution in [0.2, 0.25) is 0 Å². The molecular formula is C16H27N. The van der Waals surface area contributed by atoms with Crippen LogP contribution in [0, 0.1) is 23.2 Å². The summed E-state index contributed by atoms with van der Waals surface area (Å²) in [7, 11) is 0. The second-order valence-electron chi connectivity index (χ2n) is 7.16. The van der Waals surface area contributed by atoms with E-state index in [4.69, 9.17) is 0 Å². The maximum Gasteiger partial charge on any atom is 0.0161 e. The second-order valence-corrected chi connectivity index (χ2v) is 7.16. The highest BCUT2D eigenvalue weighted by atomic mass is 14.9. The third-order valence-corrected chi connectivity index (χ3v) is 5.56. The largest absolute Gasteiger partial charge is 0.312 e. The standard InChI is InChI=1S/C16H27N/c1-3-12(2)10-17-11-16-7-13-4-14(8-16)6-15(5-13)9-16/h3,13-15,17H,4-11H2,1-2H3/b12-3+. The van der Waals surface area contributed by atoms with Crippen molar-refractivity contribution in [3.8, 4) is 0 Å². The molecule has 1 nitrogen and oxygen atoms in total. The van der Waals surface area contributed by atoms with Gasteiger partial charge in [-0.05, 0) is 75.5 Å². The van der Waals surface area contributed by atoms with Gasteiger partial charge in [-0.25, -0.2) is 0 Å². The van der Waals surface area contributed by atoms with Crippen LogP contribution in [0.1, 0.15) is 52.4 Å². The minimum absolute atomic E-state index is 0.697. The first-order valence-electron chi connectivity index (χ1n) is 7.52. The predicted octanol–water partition coefficient (Wildman–Crippen LogP) is 3.76. The Hall–Kier alpha value is -0.300. The summed E-state index contributed by atoms with van der Waals surface area (Å²) in [6.07, 6.45) is 11.5. The molecule has 0 radical (unpaired) electrons. The molecule has 0 unspecified atom stereocenters. The molecule has 0 aromatic rings. The van der Waals surface area contributed by atoms with Crippen molar-refractivity contribution < 1.29 is 0 Å². The van der Waals surface area contributed by atoms with Gasteiger partial charge in [0, 0.05) is 13.1 Å². The molecule has 4 saturated carbocycles. The van der Waals surface area contributed by atoms with Gasteiger partial charge in [-0.2, -0.15) is 0 Å². The van der Waals surface area contributed by atoms with Gasteiger partial charge in [-0.15, -0.1) is 0 Å². The number of allylic oxidation sites excluding steroid dienone is 1. The van der Waals surface area contributed by atoms with E-state index in [1.807, 2.05) is 0 Å². The van der Waals surface area contributed by atoms with Crippen molar-refractivity contribution >= 4 is 0 Å². The fourth-order valence-corrected chi connectivity index (χ4v) is 5.13. The predicted molar refractivity (Wildman–Crippen MR) is 72.9 cm³/mol. The third kappa shape index (κ3) is 2.31. The average molecular weight is 233 g/mol. The topological polar surface area (TPSA) is 12.0 Å². The number of hydrogen-bond acceptors (Lipinski definition) is 1. The van der Waals surface area contributed by atoms with E-state index in [2.05, 4.69) is 25.2 Å². The van der Waals surface area contributed by atoms with Crippen molar-refractivity contribution in [2.24, 2.45) is 23.2 Å². The first-order chi connectivity index (χ1) is 8.19. The molecular weight excluding hydrogens is 206 g/mol. The first kappa shape index (κ1) is 11.8. The highest BCUT2D eigenvalue weighted by Crippen LogP contribution is 2.59. The van der Waals surface area contributed by atoms with Crippen LogP contribution < -0.4 is 5.32 Å². The van der Waals surface area contributed by atoms with Gasteiger partial charge >= 0.3 is 0 Å².